The predicted octanol–water partition coefficient (Wildman–Crippen LogP) is 0.355. The lowest BCUT2D eigenvalue weighted by atomic mass is 10.3. The first kappa shape index (κ1) is 15.4. The molecule has 1 unspecified atom stereocenters. The van der Waals surface area contributed by atoms with E-state index in [9.17, 15) is 8.42 Å². The molecule has 1 fully saturated rings. The molecule has 2 N–H and O–H groups in total. The van der Waals surface area contributed by atoms with Crippen molar-refractivity contribution in [1.82, 2.24) is 13.9 Å². The van der Waals surface area contributed by atoms with Crippen LogP contribution in [-0.4, -0.2) is 41.4 Å². The number of aryl methyl sites for hydroxylation is 2. The molecular formula is C10H19ClN4O2S. The Kier molecular flexibility index (Phi) is 4.77. The van der Waals surface area contributed by atoms with Gasteiger partial charge in [-0.15, -0.1) is 12.4 Å². The number of hydrogen-bond acceptors (Lipinski definition) is 4. The minimum atomic E-state index is -3.46. The van der Waals surface area contributed by atoms with E-state index in [1.165, 1.54) is 4.31 Å². The summed E-state index contributed by atoms with van der Waals surface area (Å²) in [6.07, 6.45) is 2.31. The summed E-state index contributed by atoms with van der Waals surface area (Å²) in [6.45, 7) is 5.35. The third-order valence-electron chi connectivity index (χ3n) is 3.09. The average molecular weight is 295 g/mol. The van der Waals surface area contributed by atoms with Gasteiger partial charge in [-0.05, 0) is 20.3 Å². The summed E-state index contributed by atoms with van der Waals surface area (Å²) in [5.41, 5.74) is 5.73. The van der Waals surface area contributed by atoms with Gasteiger partial charge in [0, 0.05) is 31.9 Å². The molecule has 0 aliphatic carbocycles. The summed E-state index contributed by atoms with van der Waals surface area (Å²) in [5.74, 6) is 0.717. The van der Waals surface area contributed by atoms with E-state index in [-0.39, 0.29) is 23.5 Å². The zero-order chi connectivity index (χ0) is 12.6. The molecule has 1 aromatic heterocycles. The fraction of sp³-hybridized carbons (Fsp3) is 0.700. The Bertz CT molecular complexity index is 514. The molecule has 0 saturated carbocycles. The Balaban J connectivity index is 0.00000162. The summed E-state index contributed by atoms with van der Waals surface area (Å²) in [6, 6.07) is -0.0564. The number of imidazole rings is 1. The Morgan fingerprint density at radius 3 is 2.67 bits per heavy atom. The summed E-state index contributed by atoms with van der Waals surface area (Å²) in [5, 5.41) is 0.131. The maximum atomic E-state index is 12.3. The highest BCUT2D eigenvalue weighted by atomic mass is 35.5. The average Bonchev–Trinajstić information content (AvgIpc) is 2.85. The molecule has 18 heavy (non-hydrogen) atoms. The maximum absolute atomic E-state index is 12.3. The smallest absolute Gasteiger partial charge is 0.262 e. The molecule has 1 atom stereocenters. The number of sulfonamides is 1. The highest BCUT2D eigenvalue weighted by Crippen LogP contribution is 2.19. The van der Waals surface area contributed by atoms with Crippen molar-refractivity contribution in [1.29, 1.82) is 0 Å². The molecule has 0 aromatic carbocycles. The van der Waals surface area contributed by atoms with Gasteiger partial charge in [-0.1, -0.05) is 0 Å². The SMILES string of the molecule is CCn1cc(S(=O)(=O)N2CCC(N)C2)nc1C.Cl. The van der Waals surface area contributed by atoms with Gasteiger partial charge < -0.3 is 10.3 Å². The normalized spacial score (nSPS) is 20.9. The van der Waals surface area contributed by atoms with E-state index in [4.69, 9.17) is 5.73 Å². The molecule has 1 aliphatic heterocycles. The Hall–Kier alpha value is -0.630. The maximum Gasteiger partial charge on any atom is 0.262 e. The van der Waals surface area contributed by atoms with Crippen LogP contribution in [0.1, 0.15) is 19.2 Å². The molecule has 2 heterocycles. The van der Waals surface area contributed by atoms with E-state index in [2.05, 4.69) is 4.98 Å². The van der Waals surface area contributed by atoms with Gasteiger partial charge in [-0.2, -0.15) is 4.31 Å². The van der Waals surface area contributed by atoms with Crippen LogP contribution in [0, 0.1) is 6.92 Å². The summed E-state index contributed by atoms with van der Waals surface area (Å²) >= 11 is 0. The van der Waals surface area contributed by atoms with E-state index in [1.807, 2.05) is 11.5 Å². The van der Waals surface area contributed by atoms with Gasteiger partial charge in [0.2, 0.25) is 0 Å². The van der Waals surface area contributed by atoms with E-state index in [0.29, 0.717) is 26.1 Å². The largest absolute Gasteiger partial charge is 0.334 e. The third kappa shape index (κ3) is 2.69. The molecular weight excluding hydrogens is 276 g/mol. The number of aromatic nitrogens is 2. The van der Waals surface area contributed by atoms with E-state index in [0.717, 1.165) is 5.82 Å². The van der Waals surface area contributed by atoms with Crippen LogP contribution in [0.3, 0.4) is 0 Å². The first-order valence-corrected chi connectivity index (χ1v) is 7.18. The molecule has 104 valence electrons. The second-order valence-electron chi connectivity index (χ2n) is 4.32. The predicted molar refractivity (Wildman–Crippen MR) is 71.2 cm³/mol. The van der Waals surface area contributed by atoms with Crippen molar-refractivity contribution in [2.75, 3.05) is 13.1 Å². The van der Waals surface area contributed by atoms with Crippen molar-refractivity contribution in [3.8, 4) is 0 Å². The van der Waals surface area contributed by atoms with Crippen molar-refractivity contribution < 1.29 is 8.42 Å². The van der Waals surface area contributed by atoms with Crippen LogP contribution < -0.4 is 5.73 Å². The van der Waals surface area contributed by atoms with Crippen molar-refractivity contribution in [2.45, 2.75) is 37.9 Å². The summed E-state index contributed by atoms with van der Waals surface area (Å²) in [7, 11) is -3.46. The van der Waals surface area contributed by atoms with Crippen LogP contribution in [0.4, 0.5) is 0 Å². The minimum Gasteiger partial charge on any atom is -0.334 e. The Morgan fingerprint density at radius 1 is 1.56 bits per heavy atom. The Labute approximate surface area is 114 Å². The van der Waals surface area contributed by atoms with Crippen molar-refractivity contribution in [3.63, 3.8) is 0 Å². The van der Waals surface area contributed by atoms with Crippen LogP contribution in [0.15, 0.2) is 11.2 Å². The van der Waals surface area contributed by atoms with E-state index < -0.39 is 10.0 Å². The standard InChI is InChI=1S/C10H18N4O2S.ClH/c1-3-13-7-10(12-8(13)2)17(15,16)14-5-4-9(11)6-14;/h7,9H,3-6,11H2,1-2H3;1H. The molecule has 1 saturated heterocycles. The highest BCUT2D eigenvalue weighted by molar-refractivity contribution is 7.89. The second kappa shape index (κ2) is 5.56. The topological polar surface area (TPSA) is 81.2 Å². The summed E-state index contributed by atoms with van der Waals surface area (Å²) < 4.78 is 27.8. The van der Waals surface area contributed by atoms with Gasteiger partial charge in [-0.25, -0.2) is 13.4 Å². The van der Waals surface area contributed by atoms with Crippen LogP contribution in [0.5, 0.6) is 0 Å². The van der Waals surface area contributed by atoms with Crippen LogP contribution in [0.25, 0.3) is 0 Å². The molecule has 1 aliphatic rings. The first-order chi connectivity index (χ1) is 7.95. The molecule has 2 rings (SSSR count). The summed E-state index contributed by atoms with van der Waals surface area (Å²) in [4.78, 5) is 4.12. The second-order valence-corrected chi connectivity index (χ2v) is 6.21. The van der Waals surface area contributed by atoms with Crippen LogP contribution in [0.2, 0.25) is 0 Å². The van der Waals surface area contributed by atoms with E-state index in [1.54, 1.807) is 13.1 Å². The number of halogens is 1. The zero-order valence-electron chi connectivity index (χ0n) is 10.5. The monoisotopic (exact) mass is 294 g/mol. The van der Waals surface area contributed by atoms with Crippen LogP contribution in [-0.2, 0) is 16.6 Å². The quantitative estimate of drug-likeness (QED) is 0.872. The molecule has 8 heteroatoms. The van der Waals surface area contributed by atoms with Gasteiger partial charge in [0.15, 0.2) is 5.03 Å². The van der Waals surface area contributed by atoms with Crippen molar-refractivity contribution in [3.05, 3.63) is 12.0 Å². The van der Waals surface area contributed by atoms with E-state index >= 15 is 0 Å². The zero-order valence-corrected chi connectivity index (χ0v) is 12.2. The third-order valence-corrected chi connectivity index (χ3v) is 4.82. The number of nitrogens with two attached hydrogens (primary N) is 1. The van der Waals surface area contributed by atoms with Gasteiger partial charge in [0.05, 0.1) is 0 Å². The number of nitrogens with zero attached hydrogens (tertiary/aromatic N) is 3. The molecule has 1 aromatic rings. The minimum absolute atomic E-state index is 0. The Morgan fingerprint density at radius 2 is 2.22 bits per heavy atom. The lowest BCUT2D eigenvalue weighted by Crippen LogP contribution is -2.32. The fourth-order valence-corrected chi connectivity index (χ4v) is 3.53. The first-order valence-electron chi connectivity index (χ1n) is 5.74. The lowest BCUT2D eigenvalue weighted by Gasteiger charge is -2.13. The molecule has 6 nitrogen and oxygen atoms in total. The molecule has 0 spiro atoms. The van der Waals surface area contributed by atoms with Gasteiger partial charge in [0.1, 0.15) is 5.82 Å². The number of hydrogen-bond donors (Lipinski definition) is 1. The lowest BCUT2D eigenvalue weighted by molar-refractivity contribution is 0.469. The van der Waals surface area contributed by atoms with Crippen LogP contribution >= 0.6 is 12.4 Å². The van der Waals surface area contributed by atoms with Gasteiger partial charge in [0.25, 0.3) is 10.0 Å². The molecule has 0 amide bonds. The van der Waals surface area contributed by atoms with Gasteiger partial charge >= 0.3 is 0 Å². The van der Waals surface area contributed by atoms with Gasteiger partial charge in [-0.3, -0.25) is 0 Å². The molecule has 0 bridgehead atoms. The highest BCUT2D eigenvalue weighted by Gasteiger charge is 2.32. The fourth-order valence-electron chi connectivity index (χ4n) is 2.03. The molecule has 0 radical (unpaired) electrons. The van der Waals surface area contributed by atoms with Crippen molar-refractivity contribution >= 4 is 22.4 Å². The van der Waals surface area contributed by atoms with Crippen molar-refractivity contribution in [2.24, 2.45) is 5.73 Å². The number of rotatable bonds is 3.